The summed E-state index contributed by atoms with van der Waals surface area (Å²) in [4.78, 5) is 4.07. The minimum Gasteiger partial charge on any atom is -0.375 e. The van der Waals surface area contributed by atoms with Gasteiger partial charge in [-0.1, -0.05) is 0 Å². The molecule has 4 heteroatoms. The summed E-state index contributed by atoms with van der Waals surface area (Å²) in [6.45, 7) is 3.10. The predicted molar refractivity (Wildman–Crippen MR) is 69.8 cm³/mol. The molecular weight excluding hydrogens is 286 g/mol. The molecule has 2 unspecified atom stereocenters. The van der Waals surface area contributed by atoms with Crippen LogP contribution in [-0.2, 0) is 11.3 Å². The molecule has 0 N–H and O–H groups in total. The van der Waals surface area contributed by atoms with Crippen LogP contribution in [0.15, 0.2) is 15.9 Å². The van der Waals surface area contributed by atoms with Crippen LogP contribution in [-0.4, -0.2) is 30.2 Å². The third-order valence-electron chi connectivity index (χ3n) is 3.58. The van der Waals surface area contributed by atoms with E-state index in [0.29, 0.717) is 12.1 Å². The number of nitrogens with zero attached hydrogens (tertiary/aromatic N) is 1. The number of hydrogen-bond donors (Lipinski definition) is 0. The SMILES string of the molecule is Brc1csc(CN2CCOC3CCCC32)c1. The standard InChI is InChI=1S/C12H16BrNOS/c13-9-6-10(16-8-9)7-14-4-5-15-12-3-1-2-11(12)14/h6,8,11-12H,1-5,7H2. The van der Waals surface area contributed by atoms with Crippen LogP contribution in [0.2, 0.25) is 0 Å². The maximum atomic E-state index is 5.83. The van der Waals surface area contributed by atoms with Gasteiger partial charge in [0, 0.05) is 33.9 Å². The van der Waals surface area contributed by atoms with Crippen molar-refractivity contribution in [2.24, 2.45) is 0 Å². The van der Waals surface area contributed by atoms with Crippen LogP contribution >= 0.6 is 27.3 Å². The van der Waals surface area contributed by atoms with E-state index < -0.39 is 0 Å². The lowest BCUT2D eigenvalue weighted by molar-refractivity contribution is -0.0584. The second-order valence-corrected chi connectivity index (χ2v) is 6.52. The van der Waals surface area contributed by atoms with E-state index in [4.69, 9.17) is 4.74 Å². The monoisotopic (exact) mass is 301 g/mol. The Balaban J connectivity index is 1.69. The summed E-state index contributed by atoms with van der Waals surface area (Å²) in [6.07, 6.45) is 4.42. The Bertz CT molecular complexity index is 368. The number of thiophene rings is 1. The molecule has 0 aromatic carbocycles. The second kappa shape index (κ2) is 4.77. The molecule has 0 spiro atoms. The molecule has 0 amide bonds. The van der Waals surface area contributed by atoms with Crippen LogP contribution in [0, 0.1) is 0 Å². The van der Waals surface area contributed by atoms with Gasteiger partial charge in [0.15, 0.2) is 0 Å². The molecule has 1 aromatic heterocycles. The molecule has 1 aromatic rings. The molecule has 1 aliphatic carbocycles. The van der Waals surface area contributed by atoms with Gasteiger partial charge in [0.05, 0.1) is 12.7 Å². The first kappa shape index (κ1) is 11.2. The van der Waals surface area contributed by atoms with Crippen LogP contribution in [0.1, 0.15) is 24.1 Å². The van der Waals surface area contributed by atoms with Crippen molar-refractivity contribution in [2.45, 2.75) is 38.0 Å². The van der Waals surface area contributed by atoms with Gasteiger partial charge in [-0.25, -0.2) is 0 Å². The third kappa shape index (κ3) is 2.21. The van der Waals surface area contributed by atoms with Crippen molar-refractivity contribution in [1.29, 1.82) is 0 Å². The number of fused-ring (bicyclic) bond motifs is 1. The van der Waals surface area contributed by atoms with E-state index >= 15 is 0 Å². The largest absolute Gasteiger partial charge is 0.375 e. The van der Waals surface area contributed by atoms with E-state index in [9.17, 15) is 0 Å². The number of rotatable bonds is 2. The van der Waals surface area contributed by atoms with Crippen LogP contribution in [0.3, 0.4) is 0 Å². The van der Waals surface area contributed by atoms with Crippen molar-refractivity contribution in [3.8, 4) is 0 Å². The van der Waals surface area contributed by atoms with Crippen molar-refractivity contribution >= 4 is 27.3 Å². The molecule has 16 heavy (non-hydrogen) atoms. The van der Waals surface area contributed by atoms with Crippen molar-refractivity contribution in [1.82, 2.24) is 4.90 Å². The third-order valence-corrected chi connectivity index (χ3v) is 5.26. The molecule has 2 aliphatic rings. The fourth-order valence-electron chi connectivity index (χ4n) is 2.84. The van der Waals surface area contributed by atoms with Crippen molar-refractivity contribution < 1.29 is 4.74 Å². The van der Waals surface area contributed by atoms with E-state index in [0.717, 1.165) is 19.7 Å². The van der Waals surface area contributed by atoms with Gasteiger partial charge < -0.3 is 4.74 Å². The summed E-state index contributed by atoms with van der Waals surface area (Å²) in [7, 11) is 0. The van der Waals surface area contributed by atoms with Gasteiger partial charge in [-0.15, -0.1) is 11.3 Å². The molecule has 0 radical (unpaired) electrons. The highest BCUT2D eigenvalue weighted by Gasteiger charge is 2.35. The Hall–Kier alpha value is 0.1000. The van der Waals surface area contributed by atoms with Crippen LogP contribution in [0.25, 0.3) is 0 Å². The summed E-state index contributed by atoms with van der Waals surface area (Å²) in [5, 5.41) is 2.17. The first-order valence-electron chi connectivity index (χ1n) is 5.91. The van der Waals surface area contributed by atoms with Gasteiger partial charge in [0.2, 0.25) is 0 Å². The number of hydrogen-bond acceptors (Lipinski definition) is 3. The molecule has 88 valence electrons. The van der Waals surface area contributed by atoms with Gasteiger partial charge in [0.1, 0.15) is 0 Å². The highest BCUT2D eigenvalue weighted by Crippen LogP contribution is 2.31. The Kier molecular flexibility index (Phi) is 3.34. The Labute approximate surface area is 109 Å². The molecule has 2 heterocycles. The molecule has 2 atom stereocenters. The van der Waals surface area contributed by atoms with E-state index in [-0.39, 0.29) is 0 Å². The van der Waals surface area contributed by atoms with Crippen molar-refractivity contribution in [3.63, 3.8) is 0 Å². The highest BCUT2D eigenvalue weighted by molar-refractivity contribution is 9.10. The molecule has 0 bridgehead atoms. The van der Waals surface area contributed by atoms with Gasteiger partial charge in [-0.2, -0.15) is 0 Å². The fourth-order valence-corrected chi connectivity index (χ4v) is 4.31. The summed E-state index contributed by atoms with van der Waals surface area (Å²) in [5.41, 5.74) is 0. The lowest BCUT2D eigenvalue weighted by Crippen LogP contribution is -2.47. The zero-order valence-electron chi connectivity index (χ0n) is 9.19. The molecule has 1 saturated heterocycles. The zero-order chi connectivity index (χ0) is 11.0. The Morgan fingerprint density at radius 3 is 3.25 bits per heavy atom. The van der Waals surface area contributed by atoms with E-state index in [1.807, 2.05) is 11.3 Å². The number of ether oxygens (including phenoxy) is 1. The van der Waals surface area contributed by atoms with E-state index in [2.05, 4.69) is 32.3 Å². The quantitative estimate of drug-likeness (QED) is 0.831. The Morgan fingerprint density at radius 1 is 1.50 bits per heavy atom. The molecule has 2 fully saturated rings. The van der Waals surface area contributed by atoms with Crippen LogP contribution < -0.4 is 0 Å². The first-order chi connectivity index (χ1) is 7.83. The maximum absolute atomic E-state index is 5.83. The van der Waals surface area contributed by atoms with Crippen LogP contribution in [0.4, 0.5) is 0 Å². The maximum Gasteiger partial charge on any atom is 0.0731 e. The van der Waals surface area contributed by atoms with Gasteiger partial charge in [-0.3, -0.25) is 4.90 Å². The van der Waals surface area contributed by atoms with Crippen molar-refractivity contribution in [3.05, 3.63) is 20.8 Å². The average Bonchev–Trinajstić information content (AvgIpc) is 2.87. The number of morpholine rings is 1. The molecule has 2 nitrogen and oxygen atoms in total. The zero-order valence-corrected chi connectivity index (χ0v) is 11.6. The van der Waals surface area contributed by atoms with Gasteiger partial charge >= 0.3 is 0 Å². The molecule has 1 aliphatic heterocycles. The minimum absolute atomic E-state index is 0.511. The average molecular weight is 302 g/mol. The summed E-state index contributed by atoms with van der Waals surface area (Å²) in [6, 6.07) is 2.92. The topological polar surface area (TPSA) is 12.5 Å². The molecule has 1 saturated carbocycles. The normalized spacial score (nSPS) is 30.6. The lowest BCUT2D eigenvalue weighted by atomic mass is 10.1. The smallest absolute Gasteiger partial charge is 0.0731 e. The predicted octanol–water partition coefficient (Wildman–Crippen LogP) is 3.26. The van der Waals surface area contributed by atoms with E-state index in [1.165, 1.54) is 28.6 Å². The summed E-state index contributed by atoms with van der Waals surface area (Å²) >= 11 is 5.37. The number of halogens is 1. The van der Waals surface area contributed by atoms with E-state index in [1.54, 1.807) is 0 Å². The van der Waals surface area contributed by atoms with Gasteiger partial charge in [-0.05, 0) is 41.3 Å². The lowest BCUT2D eigenvalue weighted by Gasteiger charge is -2.37. The van der Waals surface area contributed by atoms with Crippen LogP contribution in [0.5, 0.6) is 0 Å². The summed E-state index contributed by atoms with van der Waals surface area (Å²) < 4.78 is 7.04. The molecule has 3 rings (SSSR count). The molecular formula is C12H16BrNOS. The van der Waals surface area contributed by atoms with Crippen molar-refractivity contribution in [2.75, 3.05) is 13.2 Å². The second-order valence-electron chi connectivity index (χ2n) is 4.61. The van der Waals surface area contributed by atoms with Gasteiger partial charge in [0.25, 0.3) is 0 Å². The Morgan fingerprint density at radius 2 is 2.44 bits per heavy atom. The highest BCUT2D eigenvalue weighted by atomic mass is 79.9. The first-order valence-corrected chi connectivity index (χ1v) is 7.59. The summed E-state index contributed by atoms with van der Waals surface area (Å²) in [5.74, 6) is 0. The fraction of sp³-hybridized carbons (Fsp3) is 0.667. The minimum atomic E-state index is 0.511.